The van der Waals surface area contributed by atoms with Gasteiger partial charge in [-0.2, -0.15) is 5.26 Å². The van der Waals surface area contributed by atoms with Crippen molar-refractivity contribution in [3.8, 4) is 22.9 Å². The minimum Gasteiger partial charge on any atom is -0.454 e. The van der Waals surface area contributed by atoms with Crippen LogP contribution in [0.2, 0.25) is 0 Å². The summed E-state index contributed by atoms with van der Waals surface area (Å²) < 4.78 is 9.33. The van der Waals surface area contributed by atoms with E-state index in [0.717, 1.165) is 44.4 Å². The molecule has 4 heteroatoms. The summed E-state index contributed by atoms with van der Waals surface area (Å²) in [6.07, 6.45) is 0. The lowest BCUT2D eigenvalue weighted by atomic mass is 9.65. The quantitative estimate of drug-likeness (QED) is 0.179. The van der Waals surface area contributed by atoms with Crippen LogP contribution in [0.4, 0.5) is 17.1 Å². The number of rotatable bonds is 3. The summed E-state index contributed by atoms with van der Waals surface area (Å²) in [6.45, 7) is 0. The molecule has 1 spiro atoms. The smallest absolute Gasteiger partial charge is 0.159 e. The highest BCUT2D eigenvalue weighted by atomic mass is 16.3. The van der Waals surface area contributed by atoms with Gasteiger partial charge in [-0.15, -0.1) is 0 Å². The molecule has 14 rings (SSSR count). The van der Waals surface area contributed by atoms with Crippen molar-refractivity contribution >= 4 is 82.4 Å². The summed E-state index contributed by atoms with van der Waals surface area (Å²) in [5.74, 6) is 0. The van der Waals surface area contributed by atoms with Crippen molar-refractivity contribution in [1.82, 2.24) is 4.57 Å². The van der Waals surface area contributed by atoms with Gasteiger partial charge in [-0.25, -0.2) is 0 Å². The monoisotopic (exact) mass is 787 g/mol. The van der Waals surface area contributed by atoms with Crippen molar-refractivity contribution in [2.75, 3.05) is 4.90 Å². The fourth-order valence-electron chi connectivity index (χ4n) is 11.4. The fourth-order valence-corrected chi connectivity index (χ4v) is 11.4. The molecule has 4 nitrogen and oxygen atoms in total. The van der Waals surface area contributed by atoms with E-state index < -0.39 is 5.41 Å². The number of hydrogen-bond acceptors (Lipinski definition) is 3. The third kappa shape index (κ3) is 4.10. The number of anilines is 3. The summed E-state index contributed by atoms with van der Waals surface area (Å²) in [5.41, 5.74) is 15.7. The third-order valence-electron chi connectivity index (χ3n) is 13.8. The Labute approximate surface area is 356 Å². The molecule has 0 N–H and O–H groups in total. The highest BCUT2D eigenvalue weighted by molar-refractivity contribution is 6.19. The molecule has 12 aromatic rings. The Kier molecular flexibility index (Phi) is 6.53. The first kappa shape index (κ1) is 33.4. The molecule has 286 valence electrons. The van der Waals surface area contributed by atoms with Crippen LogP contribution in [-0.2, 0) is 5.41 Å². The largest absolute Gasteiger partial charge is 0.454 e. The van der Waals surface area contributed by atoms with Crippen molar-refractivity contribution < 1.29 is 4.42 Å². The summed E-state index contributed by atoms with van der Waals surface area (Å²) in [4.78, 5) is 2.36. The number of nitriles is 1. The lowest BCUT2D eigenvalue weighted by Gasteiger charge is -2.40. The molecule has 1 aliphatic carbocycles. The number of nitrogens with zero attached hydrogens (tertiary/aromatic N) is 3. The maximum Gasteiger partial charge on any atom is 0.159 e. The fraction of sp³-hybridized carbons (Fsp3) is 0.0172. The predicted octanol–water partition coefficient (Wildman–Crippen LogP) is 15.0. The first-order valence-electron chi connectivity index (χ1n) is 21.2. The number of benzene rings is 10. The van der Waals surface area contributed by atoms with E-state index in [2.05, 4.69) is 191 Å². The van der Waals surface area contributed by atoms with Gasteiger partial charge in [0.25, 0.3) is 0 Å². The second-order valence-electron chi connectivity index (χ2n) is 16.6. The van der Waals surface area contributed by atoms with E-state index in [9.17, 15) is 5.26 Å². The van der Waals surface area contributed by atoms with E-state index in [1.54, 1.807) is 0 Å². The molecule has 0 saturated heterocycles. The summed E-state index contributed by atoms with van der Waals surface area (Å²) in [7, 11) is 0. The van der Waals surface area contributed by atoms with Crippen LogP contribution >= 0.6 is 0 Å². The van der Waals surface area contributed by atoms with Gasteiger partial charge < -0.3 is 13.9 Å². The van der Waals surface area contributed by atoms with E-state index in [1.165, 1.54) is 77.0 Å². The van der Waals surface area contributed by atoms with Crippen molar-refractivity contribution in [3.05, 3.63) is 228 Å². The molecule has 1 unspecified atom stereocenters. The molecule has 0 bridgehead atoms. The average Bonchev–Trinajstić information content (AvgIpc) is 3.99. The predicted molar refractivity (Wildman–Crippen MR) is 253 cm³/mol. The first-order chi connectivity index (χ1) is 30.7. The molecule has 1 aliphatic heterocycles. The lowest BCUT2D eigenvalue weighted by Crippen LogP contribution is -2.33. The maximum atomic E-state index is 9.95. The van der Waals surface area contributed by atoms with Crippen LogP contribution in [0.5, 0.6) is 0 Å². The third-order valence-corrected chi connectivity index (χ3v) is 13.8. The van der Waals surface area contributed by atoms with Crippen LogP contribution in [0.3, 0.4) is 0 Å². The zero-order valence-corrected chi connectivity index (χ0v) is 33.3. The number of aromatic nitrogens is 1. The van der Waals surface area contributed by atoms with Crippen LogP contribution in [0, 0.1) is 11.3 Å². The Bertz CT molecular complexity index is 3960. The molecule has 0 saturated carbocycles. The summed E-state index contributed by atoms with van der Waals surface area (Å²) >= 11 is 0. The minimum absolute atomic E-state index is 0.609. The zero-order chi connectivity index (χ0) is 40.7. The Morgan fingerprint density at radius 2 is 1.13 bits per heavy atom. The van der Waals surface area contributed by atoms with Crippen LogP contribution in [0.1, 0.15) is 27.8 Å². The summed E-state index contributed by atoms with van der Waals surface area (Å²) in [5, 5.41) is 19.3. The van der Waals surface area contributed by atoms with Gasteiger partial charge in [-0.3, -0.25) is 0 Å². The Balaban J connectivity index is 1.19. The zero-order valence-electron chi connectivity index (χ0n) is 33.3. The van der Waals surface area contributed by atoms with Gasteiger partial charge in [0.1, 0.15) is 5.58 Å². The number of para-hydroxylation sites is 5. The molecule has 0 fully saturated rings. The van der Waals surface area contributed by atoms with Crippen molar-refractivity contribution in [1.29, 1.82) is 5.26 Å². The SMILES string of the molecule is N#Cc1ccc(N(c2cc3c(c4ccccc24)-c2c(ccc4ccccc24)C32c3ccccc3-n3c4ccccc4c4cccc2c43)c2cccc3c2oc2ccccc23)cc1. The van der Waals surface area contributed by atoms with Crippen molar-refractivity contribution in [3.63, 3.8) is 0 Å². The molecule has 10 aromatic carbocycles. The molecule has 2 aliphatic rings. The Morgan fingerprint density at radius 1 is 0.468 bits per heavy atom. The highest BCUT2D eigenvalue weighted by Gasteiger charge is 2.52. The van der Waals surface area contributed by atoms with Gasteiger partial charge in [-0.05, 0) is 104 Å². The van der Waals surface area contributed by atoms with E-state index in [-0.39, 0.29) is 0 Å². The first-order valence-corrected chi connectivity index (χ1v) is 21.2. The number of fused-ring (bicyclic) bond motifs is 19. The Morgan fingerprint density at radius 3 is 2.00 bits per heavy atom. The van der Waals surface area contributed by atoms with Gasteiger partial charge in [0.05, 0.1) is 45.1 Å². The second-order valence-corrected chi connectivity index (χ2v) is 16.6. The highest BCUT2D eigenvalue weighted by Crippen LogP contribution is 2.64. The van der Waals surface area contributed by atoms with Gasteiger partial charge in [0.2, 0.25) is 0 Å². The Hall–Kier alpha value is -8.39. The molecule has 0 radical (unpaired) electrons. The van der Waals surface area contributed by atoms with E-state index >= 15 is 0 Å². The molecule has 3 heterocycles. The van der Waals surface area contributed by atoms with Crippen molar-refractivity contribution in [2.24, 2.45) is 0 Å². The van der Waals surface area contributed by atoms with Crippen LogP contribution < -0.4 is 4.90 Å². The molecule has 62 heavy (non-hydrogen) atoms. The van der Waals surface area contributed by atoms with Gasteiger partial charge >= 0.3 is 0 Å². The van der Waals surface area contributed by atoms with Crippen LogP contribution in [0.15, 0.2) is 205 Å². The van der Waals surface area contributed by atoms with Crippen LogP contribution in [0.25, 0.3) is 82.1 Å². The number of furan rings is 1. The van der Waals surface area contributed by atoms with E-state index in [1.807, 2.05) is 24.3 Å². The lowest BCUT2D eigenvalue weighted by molar-refractivity contribution is 0.669. The molecule has 2 aromatic heterocycles. The van der Waals surface area contributed by atoms with Crippen molar-refractivity contribution in [2.45, 2.75) is 5.41 Å². The van der Waals surface area contributed by atoms with Crippen LogP contribution in [-0.4, -0.2) is 4.57 Å². The van der Waals surface area contributed by atoms with Gasteiger partial charge in [-0.1, -0.05) is 146 Å². The van der Waals surface area contributed by atoms with Gasteiger partial charge in [0, 0.05) is 32.6 Å². The topological polar surface area (TPSA) is 45.1 Å². The molecular weight excluding hydrogens is 755 g/mol. The second kappa shape index (κ2) is 12.1. The van der Waals surface area contributed by atoms with Gasteiger partial charge in [0.15, 0.2) is 5.58 Å². The molecular formula is C58H33N3O. The minimum atomic E-state index is -0.685. The summed E-state index contributed by atoms with van der Waals surface area (Å²) in [6, 6.07) is 74.9. The molecule has 1 atom stereocenters. The number of hydrogen-bond donors (Lipinski definition) is 0. The average molecular weight is 788 g/mol. The normalized spacial score (nSPS) is 14.8. The maximum absolute atomic E-state index is 9.95. The van der Waals surface area contributed by atoms with E-state index in [0.29, 0.717) is 5.56 Å². The molecule has 0 amide bonds. The van der Waals surface area contributed by atoms with E-state index in [4.69, 9.17) is 4.42 Å². The standard InChI is InChI=1S/C58H33N3O/c59-34-35-27-30-37(31-28-35)60(51-25-12-20-44-41-17-6-10-26-53(41)62-57(44)51)52-33-48-55(42-18-4-3-15-39(42)52)54-38-14-2-1-13-36(38)29-32-46(54)58(48)45-21-7-9-24-50(45)61-49-23-8-5-16-40(49)43-19-11-22-47(58)56(43)61/h1-33H.